The van der Waals surface area contributed by atoms with Crippen LogP contribution in [0, 0.1) is 0 Å². The largest absolute Gasteiger partial charge is 0.362 e. The van der Waals surface area contributed by atoms with E-state index >= 15 is 0 Å². The maximum Gasteiger partial charge on any atom is 0.219 e. The lowest BCUT2D eigenvalue weighted by atomic mass is 10.2. The Kier molecular flexibility index (Phi) is 2.77. The normalized spacial score (nSPS) is 11.5. The lowest BCUT2D eigenvalue weighted by molar-refractivity contribution is 0.215. The number of halogens is 2. The second kappa shape index (κ2) is 3.44. The zero-order valence-electron chi connectivity index (χ0n) is 5.80. The molecule has 0 bridgehead atoms. The summed E-state index contributed by atoms with van der Waals surface area (Å²) in [6, 6.07) is 9.35. The second-order valence-corrected chi connectivity index (χ2v) is 3.77. The van der Waals surface area contributed by atoms with Gasteiger partial charge in [0.05, 0.1) is 0 Å². The Morgan fingerprint density at radius 3 is 2.18 bits per heavy atom. The third-order valence-corrected chi connectivity index (χ3v) is 1.53. The van der Waals surface area contributed by atoms with Crippen molar-refractivity contribution in [2.75, 3.05) is 0 Å². The highest BCUT2D eigenvalue weighted by Gasteiger charge is 2.18. The second-order valence-electron chi connectivity index (χ2n) is 2.33. The monoisotopic (exact) mass is 190 g/mol. The SMILES string of the molecule is OC(Cl)(Cl)Cc1ccccc1. The molecule has 0 saturated heterocycles. The summed E-state index contributed by atoms with van der Waals surface area (Å²) in [6.45, 7) is 0. The van der Waals surface area contributed by atoms with Gasteiger partial charge in [0.25, 0.3) is 0 Å². The highest BCUT2D eigenvalue weighted by atomic mass is 35.5. The first-order valence-electron chi connectivity index (χ1n) is 3.22. The van der Waals surface area contributed by atoms with Crippen molar-refractivity contribution in [2.24, 2.45) is 0 Å². The summed E-state index contributed by atoms with van der Waals surface area (Å²) in [5, 5.41) is 9.00. The summed E-state index contributed by atoms with van der Waals surface area (Å²) in [7, 11) is 0. The first-order chi connectivity index (χ1) is 5.08. The number of aliphatic hydroxyl groups is 1. The average molecular weight is 191 g/mol. The molecule has 0 radical (unpaired) electrons. The molecular formula is C8H8Cl2O. The summed E-state index contributed by atoms with van der Waals surface area (Å²) in [5.41, 5.74) is 0.917. The minimum Gasteiger partial charge on any atom is -0.362 e. The third-order valence-electron chi connectivity index (χ3n) is 1.26. The molecule has 0 heterocycles. The van der Waals surface area contributed by atoms with E-state index < -0.39 is 4.52 Å². The Bertz CT molecular complexity index is 215. The molecule has 0 aromatic heterocycles. The van der Waals surface area contributed by atoms with Crippen LogP contribution in [0.1, 0.15) is 5.56 Å². The minimum absolute atomic E-state index is 0.247. The maximum atomic E-state index is 9.00. The van der Waals surface area contributed by atoms with E-state index in [1.165, 1.54) is 0 Å². The fourth-order valence-electron chi connectivity index (χ4n) is 0.841. The summed E-state index contributed by atoms with van der Waals surface area (Å²) in [4.78, 5) is 0. The third kappa shape index (κ3) is 3.61. The van der Waals surface area contributed by atoms with Crippen molar-refractivity contribution in [1.82, 2.24) is 0 Å². The average Bonchev–Trinajstić information content (AvgIpc) is 1.85. The summed E-state index contributed by atoms with van der Waals surface area (Å²) < 4.78 is -1.65. The fraction of sp³-hybridized carbons (Fsp3) is 0.250. The van der Waals surface area contributed by atoms with Crippen molar-refractivity contribution in [3.63, 3.8) is 0 Å². The quantitative estimate of drug-likeness (QED) is 0.711. The molecule has 1 nitrogen and oxygen atoms in total. The van der Waals surface area contributed by atoms with Crippen LogP contribution in [0.4, 0.5) is 0 Å². The highest BCUT2D eigenvalue weighted by Crippen LogP contribution is 2.21. The van der Waals surface area contributed by atoms with Crippen LogP contribution >= 0.6 is 23.2 Å². The van der Waals surface area contributed by atoms with E-state index in [1.54, 1.807) is 0 Å². The number of hydrogen-bond donors (Lipinski definition) is 1. The van der Waals surface area contributed by atoms with E-state index in [0.717, 1.165) is 5.56 Å². The number of hydrogen-bond acceptors (Lipinski definition) is 1. The molecule has 0 fully saturated rings. The standard InChI is InChI=1S/C8H8Cl2O/c9-8(10,11)6-7-4-2-1-3-5-7/h1-5,11H,6H2. The van der Waals surface area contributed by atoms with Gasteiger partial charge in [-0.15, -0.1) is 0 Å². The predicted octanol–water partition coefficient (Wildman–Crippen LogP) is 2.35. The molecule has 1 aromatic carbocycles. The van der Waals surface area contributed by atoms with E-state index in [2.05, 4.69) is 0 Å². The first kappa shape index (κ1) is 8.85. The van der Waals surface area contributed by atoms with Gasteiger partial charge >= 0.3 is 0 Å². The zero-order valence-corrected chi connectivity index (χ0v) is 7.31. The first-order valence-corrected chi connectivity index (χ1v) is 3.98. The lowest BCUT2D eigenvalue weighted by Gasteiger charge is -2.10. The molecule has 1 N–H and O–H groups in total. The van der Waals surface area contributed by atoms with Crippen LogP contribution in [-0.4, -0.2) is 9.63 Å². The summed E-state index contributed by atoms with van der Waals surface area (Å²) >= 11 is 10.8. The summed E-state index contributed by atoms with van der Waals surface area (Å²) in [6.07, 6.45) is 0.247. The van der Waals surface area contributed by atoms with Gasteiger partial charge in [0, 0.05) is 6.42 Å². The molecule has 0 saturated carbocycles. The van der Waals surface area contributed by atoms with Crippen LogP contribution in [0.5, 0.6) is 0 Å². The van der Waals surface area contributed by atoms with Crippen LogP contribution in [0.15, 0.2) is 30.3 Å². The molecule has 0 unspecified atom stereocenters. The maximum absolute atomic E-state index is 9.00. The van der Waals surface area contributed by atoms with Crippen molar-refractivity contribution >= 4 is 23.2 Å². The molecule has 0 amide bonds. The van der Waals surface area contributed by atoms with Gasteiger partial charge < -0.3 is 5.11 Å². The Morgan fingerprint density at radius 2 is 1.73 bits per heavy atom. The lowest BCUT2D eigenvalue weighted by Crippen LogP contribution is -2.14. The van der Waals surface area contributed by atoms with E-state index in [1.807, 2.05) is 30.3 Å². The number of rotatable bonds is 2. The van der Waals surface area contributed by atoms with Crippen LogP contribution in [0.3, 0.4) is 0 Å². The Balaban J connectivity index is 2.66. The van der Waals surface area contributed by atoms with Gasteiger partial charge in [-0.25, -0.2) is 0 Å². The number of alkyl halides is 2. The Morgan fingerprint density at radius 1 is 1.18 bits per heavy atom. The van der Waals surface area contributed by atoms with Crippen molar-refractivity contribution in [3.8, 4) is 0 Å². The van der Waals surface area contributed by atoms with E-state index in [4.69, 9.17) is 28.3 Å². The molecule has 0 aliphatic rings. The van der Waals surface area contributed by atoms with Crippen LogP contribution < -0.4 is 0 Å². The minimum atomic E-state index is -1.65. The van der Waals surface area contributed by atoms with E-state index in [0.29, 0.717) is 0 Å². The van der Waals surface area contributed by atoms with Crippen LogP contribution in [0.2, 0.25) is 0 Å². The van der Waals surface area contributed by atoms with Gasteiger partial charge in [-0.1, -0.05) is 53.5 Å². The van der Waals surface area contributed by atoms with Crippen LogP contribution in [-0.2, 0) is 6.42 Å². The molecule has 0 spiro atoms. The molecule has 0 atom stereocenters. The van der Waals surface area contributed by atoms with Crippen molar-refractivity contribution in [2.45, 2.75) is 10.9 Å². The predicted molar refractivity (Wildman–Crippen MR) is 46.8 cm³/mol. The van der Waals surface area contributed by atoms with Gasteiger partial charge in [0.15, 0.2) is 0 Å². The fourth-order valence-corrected chi connectivity index (χ4v) is 1.15. The molecule has 3 heteroatoms. The molecule has 60 valence electrons. The number of benzene rings is 1. The van der Waals surface area contributed by atoms with Crippen molar-refractivity contribution in [3.05, 3.63) is 35.9 Å². The molecule has 0 aliphatic carbocycles. The zero-order chi connectivity index (χ0) is 8.32. The van der Waals surface area contributed by atoms with Gasteiger partial charge in [-0.2, -0.15) is 0 Å². The Labute approximate surface area is 75.6 Å². The van der Waals surface area contributed by atoms with Gasteiger partial charge in [0.2, 0.25) is 4.52 Å². The van der Waals surface area contributed by atoms with E-state index in [-0.39, 0.29) is 6.42 Å². The van der Waals surface area contributed by atoms with Crippen LogP contribution in [0.25, 0.3) is 0 Å². The van der Waals surface area contributed by atoms with Crippen molar-refractivity contribution in [1.29, 1.82) is 0 Å². The van der Waals surface area contributed by atoms with Gasteiger partial charge in [-0.05, 0) is 5.56 Å². The smallest absolute Gasteiger partial charge is 0.219 e. The molecule has 1 rings (SSSR count). The Hall–Kier alpha value is -0.240. The molecule has 0 aliphatic heterocycles. The molecular weight excluding hydrogens is 183 g/mol. The van der Waals surface area contributed by atoms with E-state index in [9.17, 15) is 0 Å². The highest BCUT2D eigenvalue weighted by molar-refractivity contribution is 6.47. The van der Waals surface area contributed by atoms with Crippen molar-refractivity contribution < 1.29 is 5.11 Å². The molecule has 1 aromatic rings. The molecule has 11 heavy (non-hydrogen) atoms. The van der Waals surface area contributed by atoms with Gasteiger partial charge in [-0.3, -0.25) is 0 Å². The summed E-state index contributed by atoms with van der Waals surface area (Å²) in [5.74, 6) is 0. The topological polar surface area (TPSA) is 20.2 Å². The van der Waals surface area contributed by atoms with Gasteiger partial charge in [0.1, 0.15) is 0 Å².